The van der Waals surface area contributed by atoms with E-state index in [1.165, 1.54) is 5.56 Å². The summed E-state index contributed by atoms with van der Waals surface area (Å²) in [4.78, 5) is 0. The van der Waals surface area contributed by atoms with Gasteiger partial charge in [-0.3, -0.25) is 0 Å². The van der Waals surface area contributed by atoms with Gasteiger partial charge in [0, 0.05) is 0 Å². The molecule has 0 radical (unpaired) electrons. The Morgan fingerprint density at radius 2 is 2.07 bits per heavy atom. The van der Waals surface area contributed by atoms with Crippen LogP contribution in [0, 0.1) is 0 Å². The van der Waals surface area contributed by atoms with Gasteiger partial charge in [-0.2, -0.15) is 0 Å². The fraction of sp³-hybridized carbons (Fsp3) is 0.400. The van der Waals surface area contributed by atoms with Crippen molar-refractivity contribution in [3.8, 4) is 0 Å². The molecule has 1 atom stereocenters. The van der Waals surface area contributed by atoms with E-state index < -0.39 is 7.32 Å². The third kappa shape index (κ3) is 3.31. The van der Waals surface area contributed by atoms with Crippen molar-refractivity contribution >= 4 is 7.32 Å². The summed E-state index contributed by atoms with van der Waals surface area (Å²) in [6, 6.07) is 8.00. The first-order valence-corrected chi connectivity index (χ1v) is 4.87. The molecule has 2 N–H and O–H groups in total. The van der Waals surface area contributed by atoms with Crippen molar-refractivity contribution in [2.24, 2.45) is 0 Å². The van der Waals surface area contributed by atoms with E-state index in [1.54, 1.807) is 0 Å². The van der Waals surface area contributed by atoms with Crippen molar-refractivity contribution in [1.82, 2.24) is 0 Å². The van der Waals surface area contributed by atoms with Crippen LogP contribution in [0.3, 0.4) is 0 Å². The molecule has 76 valence electrons. The fourth-order valence-electron chi connectivity index (χ4n) is 2.00. The first-order valence-electron chi connectivity index (χ1n) is 4.87. The molecule has 3 nitrogen and oxygen atoms in total. The van der Waals surface area contributed by atoms with Gasteiger partial charge < -0.3 is 16.1 Å². The molecule has 15 heavy (non-hydrogen) atoms. The Morgan fingerprint density at radius 3 is 2.80 bits per heavy atom. The minimum Gasteiger partial charge on any atom is -1.00 e. The topological polar surface area (TPSA) is 49.7 Å². The van der Waals surface area contributed by atoms with Crippen LogP contribution in [-0.4, -0.2) is 17.4 Å². The molecular formula is C10H14BNaO3. The van der Waals surface area contributed by atoms with E-state index in [0.717, 1.165) is 24.8 Å². The molecule has 1 aromatic rings. The second-order valence-corrected chi connectivity index (χ2v) is 3.54. The van der Waals surface area contributed by atoms with E-state index in [2.05, 4.69) is 6.07 Å². The second kappa shape index (κ2) is 6.04. The quantitative estimate of drug-likeness (QED) is 0.571. The molecule has 0 saturated heterocycles. The molecule has 0 aromatic heterocycles. The zero-order valence-corrected chi connectivity index (χ0v) is 10.9. The van der Waals surface area contributed by atoms with Gasteiger partial charge in [-0.15, -0.1) is 0 Å². The first-order chi connectivity index (χ1) is 6.77. The number of fused-ring (bicyclic) bond motifs is 1. The van der Waals surface area contributed by atoms with E-state index in [-0.39, 0.29) is 37.1 Å². The molecule has 0 bridgehead atoms. The third-order valence-corrected chi connectivity index (χ3v) is 2.60. The van der Waals surface area contributed by atoms with Crippen LogP contribution in [0.5, 0.6) is 0 Å². The van der Waals surface area contributed by atoms with Crippen molar-refractivity contribution in [1.29, 1.82) is 0 Å². The molecular weight excluding hydrogens is 202 g/mol. The minimum absolute atomic E-state index is 0. The molecule has 0 saturated carbocycles. The average molecular weight is 216 g/mol. The Hall–Kier alpha value is 0.165. The number of benzene rings is 1. The number of rotatable bonds is 2. The molecule has 0 heterocycles. The smallest absolute Gasteiger partial charge is 1.00 e. The van der Waals surface area contributed by atoms with Gasteiger partial charge in [-0.1, -0.05) is 24.3 Å². The van der Waals surface area contributed by atoms with Crippen molar-refractivity contribution in [2.75, 3.05) is 0 Å². The Kier molecular flexibility index (Phi) is 5.33. The van der Waals surface area contributed by atoms with Crippen molar-refractivity contribution in [3.63, 3.8) is 0 Å². The minimum atomic E-state index is -1.67. The summed E-state index contributed by atoms with van der Waals surface area (Å²) in [7, 11) is -1.67. The Morgan fingerprint density at radius 1 is 1.33 bits per heavy atom. The number of aryl methyl sites for hydroxylation is 1. The van der Waals surface area contributed by atoms with Gasteiger partial charge in [0.2, 0.25) is 0 Å². The molecule has 2 rings (SSSR count). The van der Waals surface area contributed by atoms with Gasteiger partial charge in [0.15, 0.2) is 0 Å². The van der Waals surface area contributed by atoms with E-state index in [0.29, 0.717) is 0 Å². The molecule has 1 aromatic carbocycles. The molecule has 0 spiro atoms. The predicted octanol–water partition coefficient (Wildman–Crippen LogP) is -1.83. The van der Waals surface area contributed by atoms with Crippen LogP contribution in [0.2, 0.25) is 0 Å². The van der Waals surface area contributed by atoms with Crippen LogP contribution < -0.4 is 29.6 Å². The second-order valence-electron chi connectivity index (χ2n) is 3.54. The van der Waals surface area contributed by atoms with Crippen LogP contribution >= 0.6 is 0 Å². The summed E-state index contributed by atoms with van der Waals surface area (Å²) in [5.74, 6) is 0. The van der Waals surface area contributed by atoms with E-state index in [4.69, 9.17) is 14.7 Å². The normalized spacial score (nSPS) is 18.9. The maximum atomic E-state index is 8.76. The van der Waals surface area contributed by atoms with Gasteiger partial charge >= 0.3 is 36.9 Å². The number of hydrogen-bond acceptors (Lipinski definition) is 3. The maximum Gasteiger partial charge on any atom is 1.00 e. The van der Waals surface area contributed by atoms with E-state index in [9.17, 15) is 0 Å². The zero-order valence-electron chi connectivity index (χ0n) is 9.89. The predicted molar refractivity (Wildman–Crippen MR) is 54.5 cm³/mol. The van der Waals surface area contributed by atoms with Gasteiger partial charge in [0.25, 0.3) is 0 Å². The summed E-state index contributed by atoms with van der Waals surface area (Å²) in [5.41, 5.74) is 2.34. The average Bonchev–Trinajstić information content (AvgIpc) is 2.18. The third-order valence-electron chi connectivity index (χ3n) is 2.60. The first kappa shape index (κ1) is 13.2. The monoisotopic (exact) mass is 216 g/mol. The molecule has 0 aliphatic heterocycles. The molecule has 0 fully saturated rings. The summed E-state index contributed by atoms with van der Waals surface area (Å²) in [6.45, 7) is 0. The Balaban J connectivity index is 0.00000112. The van der Waals surface area contributed by atoms with Crippen LogP contribution in [0.25, 0.3) is 0 Å². The van der Waals surface area contributed by atoms with Crippen molar-refractivity contribution < 1.29 is 45.7 Å². The van der Waals surface area contributed by atoms with Crippen LogP contribution in [0.4, 0.5) is 0 Å². The van der Waals surface area contributed by atoms with Crippen LogP contribution in [0.1, 0.15) is 31.5 Å². The van der Waals surface area contributed by atoms with Crippen LogP contribution in [0.15, 0.2) is 24.3 Å². The van der Waals surface area contributed by atoms with Crippen LogP contribution in [-0.2, 0) is 11.1 Å². The molecule has 1 unspecified atom stereocenters. The van der Waals surface area contributed by atoms with E-state index >= 15 is 0 Å². The molecule has 5 heteroatoms. The van der Waals surface area contributed by atoms with Crippen molar-refractivity contribution in [3.05, 3.63) is 35.4 Å². The van der Waals surface area contributed by atoms with Gasteiger partial charge in [-0.05, 0) is 30.4 Å². The molecule has 0 amide bonds. The largest absolute Gasteiger partial charge is 1.00 e. The van der Waals surface area contributed by atoms with Gasteiger partial charge in [-0.25, -0.2) is 0 Å². The molecule has 1 aliphatic rings. The maximum absolute atomic E-state index is 8.76. The summed E-state index contributed by atoms with van der Waals surface area (Å²) >= 11 is 0. The Labute approximate surface area is 113 Å². The summed E-state index contributed by atoms with van der Waals surface area (Å²) in [5, 5.41) is 17.5. The molecule has 1 aliphatic carbocycles. The number of hydrogen-bond donors (Lipinski definition) is 2. The fourth-order valence-corrected chi connectivity index (χ4v) is 2.00. The van der Waals surface area contributed by atoms with E-state index in [1.807, 2.05) is 18.2 Å². The Bertz CT molecular complexity index is 325. The zero-order chi connectivity index (χ0) is 9.97. The summed E-state index contributed by atoms with van der Waals surface area (Å²) < 4.78 is 5.03. The van der Waals surface area contributed by atoms with Gasteiger partial charge in [0.1, 0.15) is 0 Å². The standard InChI is InChI=1S/C10H13BO3.Na.H/c12-11(13)14-10-7-3-5-8-4-1-2-6-9(8)10;;/h1-2,4,6,10,12-13H,3,5,7H2;;/q;+1;-1. The SMILES string of the molecule is OB(O)OC1CCCc2ccccc21.[H-].[Na+]. The van der Waals surface area contributed by atoms with Crippen molar-refractivity contribution in [2.45, 2.75) is 25.4 Å². The summed E-state index contributed by atoms with van der Waals surface area (Å²) in [6.07, 6.45) is 2.78. The van der Waals surface area contributed by atoms with Gasteiger partial charge in [0.05, 0.1) is 6.10 Å².